The summed E-state index contributed by atoms with van der Waals surface area (Å²) in [4.78, 5) is 17.1. The zero-order valence-electron chi connectivity index (χ0n) is 23.2. The lowest BCUT2D eigenvalue weighted by Gasteiger charge is -2.22. The number of nitrogens with one attached hydrogen (secondary N) is 3. The molecule has 0 atom stereocenters. The number of rotatable bonds is 10. The number of phenols is 1. The normalized spacial score (nSPS) is 12.0. The van der Waals surface area contributed by atoms with Crippen LogP contribution in [-0.4, -0.2) is 57.9 Å². The third-order valence-corrected chi connectivity index (χ3v) is 8.61. The fraction of sp³-hybridized carbons (Fsp3) is 0.214. The van der Waals surface area contributed by atoms with Gasteiger partial charge in [0.15, 0.2) is 17.3 Å². The van der Waals surface area contributed by atoms with E-state index in [1.807, 2.05) is 0 Å². The van der Waals surface area contributed by atoms with Crippen LogP contribution in [0, 0.1) is 5.82 Å². The number of carbonyl (C=O) groups is 1. The van der Waals surface area contributed by atoms with Gasteiger partial charge in [-0.3, -0.25) is 19.3 Å². The third kappa shape index (κ3) is 5.92. The van der Waals surface area contributed by atoms with Crippen molar-refractivity contribution in [1.82, 2.24) is 25.4 Å². The van der Waals surface area contributed by atoms with Gasteiger partial charge in [-0.2, -0.15) is 23.4 Å². The molecule has 5 aromatic rings. The van der Waals surface area contributed by atoms with Crippen molar-refractivity contribution >= 4 is 38.2 Å². The summed E-state index contributed by atoms with van der Waals surface area (Å²) in [5.74, 6) is -2.40. The van der Waals surface area contributed by atoms with Crippen LogP contribution in [0.5, 0.6) is 5.75 Å². The Labute approximate surface area is 248 Å². The summed E-state index contributed by atoms with van der Waals surface area (Å²) in [7, 11) is -2.61. The van der Waals surface area contributed by atoms with E-state index in [1.54, 1.807) is 31.2 Å². The highest BCUT2D eigenvalue weighted by Crippen LogP contribution is 2.36. The molecule has 0 saturated heterocycles. The lowest BCUT2D eigenvalue weighted by Crippen LogP contribution is -2.27. The molecule has 0 aliphatic rings. The number of nitrogens with zero attached hydrogens (tertiary/aromatic N) is 4. The number of H-pyrrole nitrogens is 2. The fourth-order valence-corrected chi connectivity index (χ4v) is 5.84. The van der Waals surface area contributed by atoms with Gasteiger partial charge in [-0.25, -0.2) is 17.8 Å². The van der Waals surface area contributed by atoms with Gasteiger partial charge in [-0.05, 0) is 35.4 Å². The first kappa shape index (κ1) is 30.5. The molecule has 3 aromatic heterocycles. The Hall–Kier alpha value is -4.99. The minimum absolute atomic E-state index is 0.0318. The fourth-order valence-electron chi connectivity index (χ4n) is 4.70. The van der Waals surface area contributed by atoms with E-state index in [4.69, 9.17) is 0 Å². The van der Waals surface area contributed by atoms with Gasteiger partial charge in [-0.15, -0.1) is 0 Å². The molecule has 44 heavy (non-hydrogen) atoms. The molecule has 11 nitrogen and oxygen atoms in total. The van der Waals surface area contributed by atoms with Crippen LogP contribution in [0.1, 0.15) is 35.0 Å². The van der Waals surface area contributed by atoms with E-state index in [1.165, 1.54) is 25.5 Å². The monoisotopic (exact) mass is 631 g/mol. The van der Waals surface area contributed by atoms with Gasteiger partial charge in [0.05, 0.1) is 34.9 Å². The summed E-state index contributed by atoms with van der Waals surface area (Å²) in [6.07, 6.45) is -3.64. The Morgan fingerprint density at radius 1 is 1.14 bits per heavy atom. The Kier molecular flexibility index (Phi) is 8.03. The molecule has 0 aliphatic carbocycles. The summed E-state index contributed by atoms with van der Waals surface area (Å²) >= 11 is 0. The second-order valence-electron chi connectivity index (χ2n) is 9.77. The van der Waals surface area contributed by atoms with Gasteiger partial charge in [0.2, 0.25) is 0 Å². The zero-order chi connectivity index (χ0) is 31.8. The van der Waals surface area contributed by atoms with E-state index >= 15 is 0 Å². The summed E-state index contributed by atoms with van der Waals surface area (Å²) in [6, 6.07) is 9.37. The predicted molar refractivity (Wildman–Crippen MR) is 153 cm³/mol. The van der Waals surface area contributed by atoms with Gasteiger partial charge in [0.25, 0.3) is 10.0 Å². The summed E-state index contributed by atoms with van der Waals surface area (Å²) in [6.45, 7) is 1.59. The first-order valence-electron chi connectivity index (χ1n) is 13.1. The molecule has 5 rings (SSSR count). The second-order valence-corrected chi connectivity index (χ2v) is 11.7. The van der Waals surface area contributed by atoms with E-state index in [-0.39, 0.29) is 57.3 Å². The zero-order valence-corrected chi connectivity index (χ0v) is 24.0. The second kappa shape index (κ2) is 11.6. The van der Waals surface area contributed by atoms with Crippen molar-refractivity contribution in [3.05, 3.63) is 77.5 Å². The maximum atomic E-state index is 14.4. The van der Waals surface area contributed by atoms with Crippen LogP contribution < -0.4 is 9.62 Å². The lowest BCUT2D eigenvalue weighted by molar-refractivity contribution is -0.127. The molecule has 16 heteroatoms. The number of anilines is 2. The van der Waals surface area contributed by atoms with Crippen molar-refractivity contribution in [3.8, 4) is 17.0 Å². The van der Waals surface area contributed by atoms with Gasteiger partial charge < -0.3 is 10.4 Å². The molecule has 230 valence electrons. The number of aromatic amines is 2. The van der Waals surface area contributed by atoms with Crippen LogP contribution in [0.2, 0.25) is 0 Å². The standard InChI is InChI=1S/C28H25F4N7O4S/c1-3-23(40)26-25-21(37-38-26)10-20(18-9-19(29)24(41)8-16(18)11-28(30,31)32)36-27(25)33-12-15-6-4-5-7-22(15)39(2)44(42,43)17-13-34-35-14-17/h4-10,13-14,41H,3,11-12H2,1-2H3,(H,33,36)(H,34,35)(H,37,38). The quantitative estimate of drug-likeness (QED) is 0.119. The average molecular weight is 632 g/mol. The molecule has 0 radical (unpaired) electrons. The smallest absolute Gasteiger partial charge is 0.393 e. The van der Waals surface area contributed by atoms with E-state index < -0.39 is 39.8 Å². The van der Waals surface area contributed by atoms with Crippen molar-refractivity contribution in [2.24, 2.45) is 0 Å². The van der Waals surface area contributed by atoms with Crippen molar-refractivity contribution in [1.29, 1.82) is 0 Å². The van der Waals surface area contributed by atoms with E-state index in [2.05, 4.69) is 30.7 Å². The molecular formula is C28H25F4N7O4S. The predicted octanol–water partition coefficient (Wildman–Crippen LogP) is 5.33. The molecular weight excluding hydrogens is 606 g/mol. The molecule has 4 N–H and O–H groups in total. The molecule has 2 aromatic carbocycles. The van der Waals surface area contributed by atoms with Crippen molar-refractivity contribution < 1.29 is 35.9 Å². The van der Waals surface area contributed by atoms with Crippen LogP contribution in [0.3, 0.4) is 0 Å². The third-order valence-electron chi connectivity index (χ3n) is 6.88. The molecule has 0 saturated carbocycles. The maximum Gasteiger partial charge on any atom is 0.393 e. The maximum absolute atomic E-state index is 14.4. The van der Waals surface area contributed by atoms with Gasteiger partial charge in [0.1, 0.15) is 16.4 Å². The number of pyridine rings is 1. The van der Waals surface area contributed by atoms with E-state index in [0.29, 0.717) is 17.3 Å². The molecule has 0 amide bonds. The number of alkyl halides is 3. The van der Waals surface area contributed by atoms with Gasteiger partial charge in [0, 0.05) is 31.8 Å². The molecule has 3 heterocycles. The van der Waals surface area contributed by atoms with Crippen LogP contribution >= 0.6 is 0 Å². The largest absolute Gasteiger partial charge is 0.505 e. The molecule has 0 unspecified atom stereocenters. The van der Waals surface area contributed by atoms with Crippen LogP contribution in [0.25, 0.3) is 22.2 Å². The highest BCUT2D eigenvalue weighted by atomic mass is 32.2. The number of Topliss-reactive ketones (excluding diaryl/α,β-unsaturated/α-hetero) is 1. The number of benzene rings is 2. The SMILES string of the molecule is CCC(=O)c1n[nH]c2cc(-c3cc(F)c(O)cc3CC(F)(F)F)nc(NCc3ccccc3N(C)S(=O)(=O)c3cn[nH]c3)c12. The minimum Gasteiger partial charge on any atom is -0.505 e. The van der Waals surface area contributed by atoms with Crippen LogP contribution in [-0.2, 0) is 23.0 Å². The summed E-state index contributed by atoms with van der Waals surface area (Å²) in [5.41, 5.74) is 0.312. The van der Waals surface area contributed by atoms with Crippen molar-refractivity contribution in [2.75, 3.05) is 16.7 Å². The number of fused-ring (bicyclic) bond motifs is 1. The van der Waals surface area contributed by atoms with Crippen LogP contribution in [0.15, 0.2) is 59.8 Å². The number of aromatic nitrogens is 5. The number of carbonyl (C=O) groups excluding carboxylic acids is 1. The van der Waals surface area contributed by atoms with Gasteiger partial charge in [-0.1, -0.05) is 25.1 Å². The van der Waals surface area contributed by atoms with Crippen molar-refractivity contribution in [3.63, 3.8) is 0 Å². The number of phenolic OH excluding ortho intramolecular Hbond substituents is 1. The Bertz CT molecular complexity index is 1960. The topological polar surface area (TPSA) is 157 Å². The molecule has 0 bridgehead atoms. The minimum atomic E-state index is -4.68. The molecule has 0 fully saturated rings. The number of sulfonamides is 1. The molecule has 0 spiro atoms. The average Bonchev–Trinajstić information content (AvgIpc) is 3.67. The first-order chi connectivity index (χ1) is 20.8. The number of aromatic hydroxyl groups is 1. The Morgan fingerprint density at radius 2 is 1.89 bits per heavy atom. The number of hydrogen-bond donors (Lipinski definition) is 4. The number of hydrogen-bond acceptors (Lipinski definition) is 8. The highest BCUT2D eigenvalue weighted by Gasteiger charge is 2.31. The van der Waals surface area contributed by atoms with Crippen LogP contribution in [0.4, 0.5) is 29.1 Å². The van der Waals surface area contributed by atoms with Crippen molar-refractivity contribution in [2.45, 2.75) is 37.4 Å². The van der Waals surface area contributed by atoms with E-state index in [0.717, 1.165) is 10.4 Å². The Morgan fingerprint density at radius 3 is 2.57 bits per heavy atom. The summed E-state index contributed by atoms with van der Waals surface area (Å²) in [5, 5.41) is 26.1. The highest BCUT2D eigenvalue weighted by molar-refractivity contribution is 7.92. The van der Waals surface area contributed by atoms with E-state index in [9.17, 15) is 35.9 Å². The lowest BCUT2D eigenvalue weighted by atomic mass is 9.99. The molecule has 0 aliphatic heterocycles. The van der Waals surface area contributed by atoms with Gasteiger partial charge >= 0.3 is 6.18 Å². The number of para-hydroxylation sites is 1. The first-order valence-corrected chi connectivity index (χ1v) is 14.5. The summed E-state index contributed by atoms with van der Waals surface area (Å²) < 4.78 is 82.0. The number of halogens is 4. The Balaban J connectivity index is 1.61. The number of ketones is 1.